The molecular formula is C22H38IN5O. The first-order valence-electron chi connectivity index (χ1n) is 10.6. The van der Waals surface area contributed by atoms with Crippen molar-refractivity contribution in [1.29, 1.82) is 0 Å². The van der Waals surface area contributed by atoms with E-state index >= 15 is 0 Å². The molecule has 1 aliphatic heterocycles. The van der Waals surface area contributed by atoms with Crippen molar-refractivity contribution in [1.82, 2.24) is 20.4 Å². The van der Waals surface area contributed by atoms with E-state index < -0.39 is 0 Å². The molecule has 2 rings (SSSR count). The Hall–Kier alpha value is -1.35. The minimum absolute atomic E-state index is 0. The molecule has 29 heavy (non-hydrogen) atoms. The summed E-state index contributed by atoms with van der Waals surface area (Å²) in [7, 11) is 3.53. The molecule has 1 aliphatic rings. The molecule has 2 N–H and O–H groups in total. The second-order valence-electron chi connectivity index (χ2n) is 7.76. The van der Waals surface area contributed by atoms with Crippen LogP contribution in [0.1, 0.15) is 49.0 Å². The van der Waals surface area contributed by atoms with Crippen LogP contribution in [0.3, 0.4) is 0 Å². The Labute approximate surface area is 193 Å². The molecule has 0 radical (unpaired) electrons. The molecule has 164 valence electrons. The van der Waals surface area contributed by atoms with Crippen LogP contribution < -0.4 is 10.6 Å². The Morgan fingerprint density at radius 2 is 1.79 bits per heavy atom. The molecule has 7 heteroatoms. The molecule has 0 aromatic heterocycles. The van der Waals surface area contributed by atoms with Gasteiger partial charge in [-0.2, -0.15) is 0 Å². The van der Waals surface area contributed by atoms with Gasteiger partial charge in [-0.05, 0) is 69.4 Å². The summed E-state index contributed by atoms with van der Waals surface area (Å²) < 4.78 is 0. The molecule has 0 spiro atoms. The summed E-state index contributed by atoms with van der Waals surface area (Å²) in [6.45, 7) is 10.4. The van der Waals surface area contributed by atoms with Gasteiger partial charge in [0.25, 0.3) is 5.91 Å². The predicted octanol–water partition coefficient (Wildman–Crippen LogP) is 3.18. The molecule has 0 saturated carbocycles. The van der Waals surface area contributed by atoms with E-state index in [9.17, 15) is 4.79 Å². The molecule has 1 saturated heterocycles. The van der Waals surface area contributed by atoms with Crippen molar-refractivity contribution in [2.24, 2.45) is 10.9 Å². The van der Waals surface area contributed by atoms with E-state index in [2.05, 4.69) is 29.4 Å². The normalized spacial score (nSPS) is 15.5. The quantitative estimate of drug-likeness (QED) is 0.317. The van der Waals surface area contributed by atoms with Crippen molar-refractivity contribution < 1.29 is 4.79 Å². The highest BCUT2D eigenvalue weighted by Gasteiger charge is 2.18. The third kappa shape index (κ3) is 8.90. The lowest BCUT2D eigenvalue weighted by Gasteiger charge is -2.32. The molecule has 1 heterocycles. The third-order valence-electron chi connectivity index (χ3n) is 5.18. The zero-order chi connectivity index (χ0) is 20.4. The zero-order valence-electron chi connectivity index (χ0n) is 18.4. The fourth-order valence-corrected chi connectivity index (χ4v) is 3.49. The SMILES string of the molecule is CCCN1CCC(CNC(=NCc2ccc(C(=O)N(C)C)cc2)NCC)CC1.I. The summed E-state index contributed by atoms with van der Waals surface area (Å²) in [4.78, 5) is 20.8. The molecule has 0 bridgehead atoms. The minimum Gasteiger partial charge on any atom is -0.357 e. The molecule has 6 nitrogen and oxygen atoms in total. The van der Waals surface area contributed by atoms with E-state index in [0.29, 0.717) is 18.0 Å². The number of likely N-dealkylation sites (tertiary alicyclic amines) is 1. The van der Waals surface area contributed by atoms with Crippen LogP contribution in [0.2, 0.25) is 0 Å². The van der Waals surface area contributed by atoms with E-state index in [1.54, 1.807) is 19.0 Å². The fraction of sp³-hybridized carbons (Fsp3) is 0.636. The maximum Gasteiger partial charge on any atom is 0.253 e. The average Bonchev–Trinajstić information content (AvgIpc) is 2.71. The monoisotopic (exact) mass is 515 g/mol. The summed E-state index contributed by atoms with van der Waals surface area (Å²) in [5.41, 5.74) is 1.80. The largest absolute Gasteiger partial charge is 0.357 e. The second kappa shape index (κ2) is 13.8. The first-order valence-corrected chi connectivity index (χ1v) is 10.6. The number of hydrogen-bond acceptors (Lipinski definition) is 3. The van der Waals surface area contributed by atoms with Gasteiger partial charge in [0.15, 0.2) is 5.96 Å². The molecule has 0 atom stereocenters. The lowest BCUT2D eigenvalue weighted by molar-refractivity contribution is 0.0827. The van der Waals surface area contributed by atoms with Gasteiger partial charge in [0.2, 0.25) is 0 Å². The van der Waals surface area contributed by atoms with Crippen LogP contribution >= 0.6 is 24.0 Å². The third-order valence-corrected chi connectivity index (χ3v) is 5.18. The van der Waals surface area contributed by atoms with Crippen molar-refractivity contribution in [3.05, 3.63) is 35.4 Å². The summed E-state index contributed by atoms with van der Waals surface area (Å²) >= 11 is 0. The Morgan fingerprint density at radius 1 is 1.14 bits per heavy atom. The maximum atomic E-state index is 12.0. The summed E-state index contributed by atoms with van der Waals surface area (Å²) in [6.07, 6.45) is 3.76. The number of halogens is 1. The number of nitrogens with zero attached hydrogens (tertiary/aromatic N) is 3. The van der Waals surface area contributed by atoms with Crippen LogP contribution in [0.15, 0.2) is 29.3 Å². The first kappa shape index (κ1) is 25.7. The Kier molecular flexibility index (Phi) is 12.2. The van der Waals surface area contributed by atoms with Crippen LogP contribution in [0.25, 0.3) is 0 Å². The summed E-state index contributed by atoms with van der Waals surface area (Å²) in [5.74, 6) is 1.61. The van der Waals surface area contributed by atoms with Crippen molar-refractivity contribution in [3.63, 3.8) is 0 Å². The standard InChI is InChI=1S/C22H37N5O.HI/c1-5-13-27-14-11-19(12-15-27)17-25-22(23-6-2)24-16-18-7-9-20(10-8-18)21(28)26(3)4;/h7-10,19H,5-6,11-17H2,1-4H3,(H2,23,24,25);1H. The first-order chi connectivity index (χ1) is 13.5. The van der Waals surface area contributed by atoms with Crippen molar-refractivity contribution >= 4 is 35.8 Å². The Bertz CT molecular complexity index is 625. The number of rotatable bonds is 8. The second-order valence-corrected chi connectivity index (χ2v) is 7.76. The van der Waals surface area contributed by atoms with Crippen molar-refractivity contribution in [2.75, 3.05) is 46.8 Å². The van der Waals surface area contributed by atoms with Crippen LogP contribution in [-0.2, 0) is 6.54 Å². The van der Waals surface area contributed by atoms with Gasteiger partial charge >= 0.3 is 0 Å². The minimum atomic E-state index is 0. The highest BCUT2D eigenvalue weighted by molar-refractivity contribution is 14.0. The van der Waals surface area contributed by atoms with Gasteiger partial charge in [0.05, 0.1) is 6.54 Å². The van der Waals surface area contributed by atoms with E-state index in [1.165, 1.54) is 38.9 Å². The number of carbonyl (C=O) groups excluding carboxylic acids is 1. The van der Waals surface area contributed by atoms with Crippen LogP contribution in [0.4, 0.5) is 0 Å². The zero-order valence-corrected chi connectivity index (χ0v) is 20.7. The number of nitrogens with one attached hydrogen (secondary N) is 2. The molecular weight excluding hydrogens is 477 g/mol. The van der Waals surface area contributed by atoms with E-state index in [-0.39, 0.29) is 29.9 Å². The topological polar surface area (TPSA) is 60.0 Å². The van der Waals surface area contributed by atoms with E-state index in [0.717, 1.165) is 24.6 Å². The number of aliphatic imine (C=N–C) groups is 1. The van der Waals surface area contributed by atoms with E-state index in [4.69, 9.17) is 4.99 Å². The van der Waals surface area contributed by atoms with Gasteiger partial charge in [-0.1, -0.05) is 19.1 Å². The number of carbonyl (C=O) groups is 1. The van der Waals surface area contributed by atoms with Gasteiger partial charge in [-0.15, -0.1) is 24.0 Å². The van der Waals surface area contributed by atoms with Crippen LogP contribution in [0, 0.1) is 5.92 Å². The van der Waals surface area contributed by atoms with Gasteiger partial charge in [-0.25, -0.2) is 4.99 Å². The fourth-order valence-electron chi connectivity index (χ4n) is 3.49. The van der Waals surface area contributed by atoms with Gasteiger partial charge < -0.3 is 20.4 Å². The molecule has 1 aromatic rings. The van der Waals surface area contributed by atoms with Gasteiger partial charge in [0.1, 0.15) is 0 Å². The van der Waals surface area contributed by atoms with Crippen molar-refractivity contribution in [2.45, 2.75) is 39.7 Å². The highest BCUT2D eigenvalue weighted by atomic mass is 127. The Morgan fingerprint density at radius 3 is 2.34 bits per heavy atom. The summed E-state index contributed by atoms with van der Waals surface area (Å²) in [6, 6.07) is 7.70. The molecule has 1 amide bonds. The van der Waals surface area contributed by atoms with Gasteiger partial charge in [-0.3, -0.25) is 4.79 Å². The lowest BCUT2D eigenvalue weighted by Crippen LogP contribution is -2.43. The number of piperidine rings is 1. The molecule has 1 aromatic carbocycles. The lowest BCUT2D eigenvalue weighted by atomic mass is 9.97. The molecule has 0 aliphatic carbocycles. The predicted molar refractivity (Wildman–Crippen MR) is 132 cm³/mol. The van der Waals surface area contributed by atoms with Crippen LogP contribution in [-0.4, -0.2) is 68.5 Å². The number of hydrogen-bond donors (Lipinski definition) is 2. The molecule has 1 fully saturated rings. The van der Waals surface area contributed by atoms with Crippen molar-refractivity contribution in [3.8, 4) is 0 Å². The van der Waals surface area contributed by atoms with Gasteiger partial charge in [0, 0.05) is 32.7 Å². The average molecular weight is 515 g/mol. The van der Waals surface area contributed by atoms with Crippen LogP contribution in [0.5, 0.6) is 0 Å². The smallest absolute Gasteiger partial charge is 0.253 e. The highest BCUT2D eigenvalue weighted by Crippen LogP contribution is 2.16. The number of amides is 1. The maximum absolute atomic E-state index is 12.0. The summed E-state index contributed by atoms with van der Waals surface area (Å²) in [5, 5.41) is 6.85. The number of guanidine groups is 1. The number of benzene rings is 1. The Balaban J connectivity index is 0.00000420. The van der Waals surface area contributed by atoms with E-state index in [1.807, 2.05) is 24.3 Å². The molecule has 0 unspecified atom stereocenters.